The zero-order valence-corrected chi connectivity index (χ0v) is 7.99. The summed E-state index contributed by atoms with van der Waals surface area (Å²) in [5.41, 5.74) is 3.54. The van der Waals surface area contributed by atoms with Crippen molar-refractivity contribution in [2.75, 3.05) is 0 Å². The quantitative estimate of drug-likeness (QED) is 0.599. The molecule has 0 saturated heterocycles. The predicted molar refractivity (Wildman–Crippen MR) is 53.7 cm³/mol. The molecule has 1 aromatic rings. The molecule has 0 aromatic heterocycles. The molecule has 13 heavy (non-hydrogen) atoms. The van der Waals surface area contributed by atoms with Gasteiger partial charge in [-0.25, -0.2) is 0 Å². The molecule has 0 spiro atoms. The normalized spacial score (nSPS) is 25.8. The van der Waals surface area contributed by atoms with Gasteiger partial charge in [-0.3, -0.25) is 0 Å². The van der Waals surface area contributed by atoms with E-state index >= 15 is 0 Å². The van der Waals surface area contributed by atoms with E-state index in [9.17, 15) is 5.11 Å². The molecule has 68 valence electrons. The standard InChI is InChI=1S/C12H14O/c1-8-6-7-11(13)12-9(2)4-3-5-10(8)12/h3-8,11,13H,1-2H3/t8?,11-/m1/s1. The lowest BCUT2D eigenvalue weighted by Crippen LogP contribution is -2.08. The molecular weight excluding hydrogens is 160 g/mol. The highest BCUT2D eigenvalue weighted by atomic mass is 16.3. The molecule has 0 bridgehead atoms. The van der Waals surface area contributed by atoms with Gasteiger partial charge in [-0.1, -0.05) is 37.3 Å². The maximum absolute atomic E-state index is 9.77. The fourth-order valence-electron chi connectivity index (χ4n) is 1.98. The van der Waals surface area contributed by atoms with Crippen LogP contribution in [0.2, 0.25) is 0 Å². The van der Waals surface area contributed by atoms with Crippen molar-refractivity contribution in [3.05, 3.63) is 47.0 Å². The molecule has 0 heterocycles. The molecule has 1 aromatic carbocycles. The van der Waals surface area contributed by atoms with E-state index in [0.29, 0.717) is 5.92 Å². The van der Waals surface area contributed by atoms with Gasteiger partial charge in [-0.05, 0) is 29.5 Å². The summed E-state index contributed by atoms with van der Waals surface area (Å²) in [6, 6.07) is 6.20. The van der Waals surface area contributed by atoms with Crippen LogP contribution in [0, 0.1) is 6.92 Å². The van der Waals surface area contributed by atoms with Crippen LogP contribution in [0.1, 0.15) is 35.6 Å². The third-order valence-electron chi connectivity index (χ3n) is 2.73. The molecule has 0 saturated carbocycles. The Kier molecular flexibility index (Phi) is 1.97. The van der Waals surface area contributed by atoms with Crippen LogP contribution in [0.4, 0.5) is 0 Å². The van der Waals surface area contributed by atoms with Gasteiger partial charge < -0.3 is 5.11 Å². The van der Waals surface area contributed by atoms with E-state index in [1.807, 2.05) is 19.1 Å². The number of aliphatic hydroxyl groups is 1. The molecule has 1 aliphatic rings. The van der Waals surface area contributed by atoms with Crippen molar-refractivity contribution in [2.24, 2.45) is 0 Å². The van der Waals surface area contributed by atoms with Crippen molar-refractivity contribution in [3.8, 4) is 0 Å². The fraction of sp³-hybridized carbons (Fsp3) is 0.333. The number of allylic oxidation sites excluding steroid dienone is 1. The molecule has 1 nitrogen and oxygen atoms in total. The van der Waals surface area contributed by atoms with Gasteiger partial charge >= 0.3 is 0 Å². The van der Waals surface area contributed by atoms with Crippen molar-refractivity contribution in [3.63, 3.8) is 0 Å². The lowest BCUT2D eigenvalue weighted by Gasteiger charge is -2.23. The Bertz CT molecular complexity index is 352. The molecule has 0 amide bonds. The van der Waals surface area contributed by atoms with E-state index in [4.69, 9.17) is 0 Å². The second-order valence-corrected chi connectivity index (χ2v) is 3.70. The molecule has 0 aliphatic heterocycles. The van der Waals surface area contributed by atoms with E-state index < -0.39 is 6.10 Å². The Morgan fingerprint density at radius 1 is 1.23 bits per heavy atom. The van der Waals surface area contributed by atoms with E-state index in [1.165, 1.54) is 11.1 Å². The highest BCUT2D eigenvalue weighted by Crippen LogP contribution is 2.33. The Morgan fingerprint density at radius 2 is 2.00 bits per heavy atom. The summed E-state index contributed by atoms with van der Waals surface area (Å²) in [7, 11) is 0. The van der Waals surface area contributed by atoms with Crippen molar-refractivity contribution in [1.82, 2.24) is 0 Å². The first kappa shape index (κ1) is 8.52. The van der Waals surface area contributed by atoms with Crippen molar-refractivity contribution >= 4 is 0 Å². The monoisotopic (exact) mass is 174 g/mol. The Balaban J connectivity index is 2.62. The van der Waals surface area contributed by atoms with Gasteiger partial charge in [0.25, 0.3) is 0 Å². The van der Waals surface area contributed by atoms with Crippen LogP contribution >= 0.6 is 0 Å². The number of rotatable bonds is 0. The molecule has 0 fully saturated rings. The first-order chi connectivity index (χ1) is 6.20. The van der Waals surface area contributed by atoms with Crippen LogP contribution in [-0.2, 0) is 0 Å². The zero-order chi connectivity index (χ0) is 9.42. The van der Waals surface area contributed by atoms with Gasteiger partial charge in [-0.15, -0.1) is 0 Å². The van der Waals surface area contributed by atoms with Gasteiger partial charge in [0.05, 0.1) is 6.10 Å². The lowest BCUT2D eigenvalue weighted by atomic mass is 9.85. The SMILES string of the molecule is Cc1cccc2c1[C@H](O)C=CC2C. The van der Waals surface area contributed by atoms with E-state index in [-0.39, 0.29) is 0 Å². The van der Waals surface area contributed by atoms with Crippen LogP contribution in [0.15, 0.2) is 30.4 Å². The summed E-state index contributed by atoms with van der Waals surface area (Å²) < 4.78 is 0. The third-order valence-corrected chi connectivity index (χ3v) is 2.73. The maximum Gasteiger partial charge on any atom is 0.0977 e. The van der Waals surface area contributed by atoms with E-state index in [2.05, 4.69) is 25.1 Å². The minimum atomic E-state index is -0.410. The van der Waals surface area contributed by atoms with Crippen molar-refractivity contribution in [1.29, 1.82) is 0 Å². The summed E-state index contributed by atoms with van der Waals surface area (Å²) in [4.78, 5) is 0. The Labute approximate surface area is 78.7 Å². The summed E-state index contributed by atoms with van der Waals surface area (Å²) >= 11 is 0. The topological polar surface area (TPSA) is 20.2 Å². The van der Waals surface area contributed by atoms with Gasteiger partial charge in [0.1, 0.15) is 0 Å². The predicted octanol–water partition coefficient (Wildman–Crippen LogP) is 2.70. The molecular formula is C12H14O. The molecule has 1 heteroatoms. The van der Waals surface area contributed by atoms with Crippen LogP contribution < -0.4 is 0 Å². The summed E-state index contributed by atoms with van der Waals surface area (Å²) in [5.74, 6) is 0.429. The minimum Gasteiger partial charge on any atom is -0.384 e. The van der Waals surface area contributed by atoms with Crippen molar-refractivity contribution < 1.29 is 5.11 Å². The number of hydrogen-bond donors (Lipinski definition) is 1. The summed E-state index contributed by atoms with van der Waals surface area (Å²) in [6.45, 7) is 4.20. The number of benzene rings is 1. The molecule has 2 rings (SSSR count). The molecule has 2 atom stereocenters. The molecule has 1 unspecified atom stereocenters. The van der Waals surface area contributed by atoms with Crippen LogP contribution in [0.5, 0.6) is 0 Å². The first-order valence-corrected chi connectivity index (χ1v) is 4.66. The zero-order valence-electron chi connectivity index (χ0n) is 7.99. The Hall–Kier alpha value is -1.08. The van der Waals surface area contributed by atoms with Gasteiger partial charge in [0.15, 0.2) is 0 Å². The van der Waals surface area contributed by atoms with Gasteiger partial charge in [-0.2, -0.15) is 0 Å². The minimum absolute atomic E-state index is 0.410. The fourth-order valence-corrected chi connectivity index (χ4v) is 1.98. The summed E-state index contributed by atoms with van der Waals surface area (Å²) in [6.07, 6.45) is 3.53. The highest BCUT2D eigenvalue weighted by molar-refractivity contribution is 5.44. The number of hydrogen-bond acceptors (Lipinski definition) is 1. The molecule has 0 radical (unpaired) electrons. The van der Waals surface area contributed by atoms with Crippen LogP contribution in [0.3, 0.4) is 0 Å². The number of aliphatic hydroxyl groups excluding tert-OH is 1. The largest absolute Gasteiger partial charge is 0.384 e. The lowest BCUT2D eigenvalue weighted by molar-refractivity contribution is 0.223. The number of fused-ring (bicyclic) bond motifs is 1. The Morgan fingerprint density at radius 3 is 2.69 bits per heavy atom. The third kappa shape index (κ3) is 1.29. The van der Waals surface area contributed by atoms with Gasteiger partial charge in [0, 0.05) is 0 Å². The maximum atomic E-state index is 9.77. The number of aryl methyl sites for hydroxylation is 1. The smallest absolute Gasteiger partial charge is 0.0977 e. The van der Waals surface area contributed by atoms with Crippen molar-refractivity contribution in [2.45, 2.75) is 25.9 Å². The highest BCUT2D eigenvalue weighted by Gasteiger charge is 2.19. The van der Waals surface area contributed by atoms with Gasteiger partial charge in [0.2, 0.25) is 0 Å². The van der Waals surface area contributed by atoms with E-state index in [0.717, 1.165) is 5.56 Å². The van der Waals surface area contributed by atoms with E-state index in [1.54, 1.807) is 0 Å². The van der Waals surface area contributed by atoms with Crippen LogP contribution in [0.25, 0.3) is 0 Å². The molecule has 1 N–H and O–H groups in total. The second kappa shape index (κ2) is 3.00. The summed E-state index contributed by atoms with van der Waals surface area (Å²) in [5, 5.41) is 9.77. The average Bonchev–Trinajstić information content (AvgIpc) is 2.12. The molecule has 1 aliphatic carbocycles. The second-order valence-electron chi connectivity index (χ2n) is 3.70. The first-order valence-electron chi connectivity index (χ1n) is 4.66. The average molecular weight is 174 g/mol. The van der Waals surface area contributed by atoms with Crippen LogP contribution in [-0.4, -0.2) is 5.11 Å².